The number of primary amides is 1. The number of nitrogens with two attached hydrogens (primary N) is 1. The summed E-state index contributed by atoms with van der Waals surface area (Å²) in [6.45, 7) is 3.02. The lowest BCUT2D eigenvalue weighted by molar-refractivity contribution is -0.118. The van der Waals surface area contributed by atoms with Gasteiger partial charge in [0.1, 0.15) is 0 Å². The van der Waals surface area contributed by atoms with Crippen molar-refractivity contribution in [1.29, 1.82) is 5.26 Å². The SMILES string of the molecule is CC(C)N(CC(N)=O)S(=O)(=O)Cc1ccc(C#N)cc1. The second-order valence-corrected chi connectivity index (χ2v) is 6.59. The lowest BCUT2D eigenvalue weighted by atomic mass is 10.2. The minimum Gasteiger partial charge on any atom is -0.369 e. The van der Waals surface area contributed by atoms with Crippen molar-refractivity contribution >= 4 is 15.9 Å². The molecule has 0 saturated carbocycles. The molecule has 6 nitrogen and oxygen atoms in total. The number of rotatable bonds is 6. The number of nitriles is 1. The smallest absolute Gasteiger partial charge is 0.232 e. The van der Waals surface area contributed by atoms with Gasteiger partial charge in [0.2, 0.25) is 15.9 Å². The lowest BCUT2D eigenvalue weighted by Gasteiger charge is -2.24. The fourth-order valence-corrected chi connectivity index (χ4v) is 3.47. The van der Waals surface area contributed by atoms with Gasteiger partial charge >= 0.3 is 0 Å². The topological polar surface area (TPSA) is 104 Å². The normalized spacial score (nSPS) is 11.6. The van der Waals surface area contributed by atoms with E-state index in [-0.39, 0.29) is 18.3 Å². The van der Waals surface area contributed by atoms with Crippen LogP contribution in [0.4, 0.5) is 0 Å². The predicted octanol–water partition coefficient (Wildman–Crippen LogP) is 0.584. The zero-order valence-corrected chi connectivity index (χ0v) is 12.2. The Kier molecular flexibility index (Phi) is 5.25. The summed E-state index contributed by atoms with van der Waals surface area (Å²) in [6.07, 6.45) is 0. The summed E-state index contributed by atoms with van der Waals surface area (Å²) in [4.78, 5) is 11.0. The van der Waals surface area contributed by atoms with Crippen LogP contribution in [0.1, 0.15) is 25.0 Å². The first-order valence-corrected chi connectivity index (χ1v) is 7.64. The van der Waals surface area contributed by atoms with E-state index in [2.05, 4.69) is 0 Å². The maximum Gasteiger partial charge on any atom is 0.232 e. The standard InChI is InChI=1S/C13H17N3O3S/c1-10(2)16(8-13(15)17)20(18,19)9-12-5-3-11(7-14)4-6-12/h3-6,10H,8-9H2,1-2H3,(H2,15,17). The summed E-state index contributed by atoms with van der Waals surface area (Å²) < 4.78 is 25.6. The highest BCUT2D eigenvalue weighted by atomic mass is 32.2. The van der Waals surface area contributed by atoms with E-state index in [1.807, 2.05) is 6.07 Å². The van der Waals surface area contributed by atoms with Gasteiger partial charge in [-0.2, -0.15) is 9.57 Å². The van der Waals surface area contributed by atoms with Gasteiger partial charge in [0.05, 0.1) is 23.9 Å². The van der Waals surface area contributed by atoms with E-state index in [0.29, 0.717) is 11.1 Å². The highest BCUT2D eigenvalue weighted by molar-refractivity contribution is 7.88. The van der Waals surface area contributed by atoms with Crippen LogP contribution in [0.2, 0.25) is 0 Å². The van der Waals surface area contributed by atoms with Gasteiger partial charge in [0.25, 0.3) is 0 Å². The number of hydrogen-bond donors (Lipinski definition) is 1. The molecule has 0 bridgehead atoms. The highest BCUT2D eigenvalue weighted by Crippen LogP contribution is 2.14. The Balaban J connectivity index is 2.96. The van der Waals surface area contributed by atoms with Gasteiger partial charge < -0.3 is 5.73 Å². The van der Waals surface area contributed by atoms with Gasteiger partial charge in [-0.1, -0.05) is 12.1 Å². The minimum absolute atomic E-state index is 0.232. The minimum atomic E-state index is -3.64. The van der Waals surface area contributed by atoms with Crippen molar-refractivity contribution in [1.82, 2.24) is 4.31 Å². The Morgan fingerprint density at radius 1 is 1.35 bits per heavy atom. The summed E-state index contributed by atoms with van der Waals surface area (Å²) in [6, 6.07) is 7.88. The zero-order valence-electron chi connectivity index (χ0n) is 11.4. The molecule has 1 aromatic rings. The highest BCUT2D eigenvalue weighted by Gasteiger charge is 2.26. The van der Waals surface area contributed by atoms with Gasteiger partial charge in [-0.05, 0) is 31.5 Å². The van der Waals surface area contributed by atoms with Crippen LogP contribution in [0, 0.1) is 11.3 Å². The van der Waals surface area contributed by atoms with E-state index >= 15 is 0 Å². The average molecular weight is 295 g/mol. The molecule has 1 amide bonds. The van der Waals surface area contributed by atoms with Crippen molar-refractivity contribution in [2.75, 3.05) is 6.54 Å². The molecule has 0 aliphatic carbocycles. The third-order valence-electron chi connectivity index (χ3n) is 2.68. The number of carbonyl (C=O) groups excluding carboxylic acids is 1. The zero-order chi connectivity index (χ0) is 15.3. The fourth-order valence-electron chi connectivity index (χ4n) is 1.72. The molecule has 108 valence electrons. The number of sulfonamides is 1. The van der Waals surface area contributed by atoms with E-state index in [1.165, 1.54) is 0 Å². The van der Waals surface area contributed by atoms with Crippen LogP contribution in [0.5, 0.6) is 0 Å². The molecular weight excluding hydrogens is 278 g/mol. The summed E-state index contributed by atoms with van der Waals surface area (Å²) >= 11 is 0. The van der Waals surface area contributed by atoms with Crippen molar-refractivity contribution in [2.45, 2.75) is 25.6 Å². The molecule has 0 radical (unpaired) electrons. The van der Waals surface area contributed by atoms with E-state index in [1.54, 1.807) is 38.1 Å². The van der Waals surface area contributed by atoms with E-state index < -0.39 is 15.9 Å². The number of amides is 1. The van der Waals surface area contributed by atoms with Crippen molar-refractivity contribution < 1.29 is 13.2 Å². The molecule has 0 saturated heterocycles. The van der Waals surface area contributed by atoms with Gasteiger partial charge in [-0.3, -0.25) is 4.79 Å². The van der Waals surface area contributed by atoms with Crippen molar-refractivity contribution in [3.8, 4) is 6.07 Å². The van der Waals surface area contributed by atoms with E-state index in [4.69, 9.17) is 11.0 Å². The molecule has 0 unspecified atom stereocenters. The molecule has 2 N–H and O–H groups in total. The second-order valence-electron chi connectivity index (χ2n) is 4.67. The van der Waals surface area contributed by atoms with Gasteiger partial charge in [0.15, 0.2) is 0 Å². The number of carbonyl (C=O) groups is 1. The summed E-state index contributed by atoms with van der Waals surface area (Å²) in [5.41, 5.74) is 6.09. The Morgan fingerprint density at radius 3 is 2.30 bits per heavy atom. The second kappa shape index (κ2) is 6.50. The first kappa shape index (κ1) is 16.1. The lowest BCUT2D eigenvalue weighted by Crippen LogP contribution is -2.43. The molecule has 1 aromatic carbocycles. The predicted molar refractivity (Wildman–Crippen MR) is 74.8 cm³/mol. The maximum absolute atomic E-state index is 12.3. The Hall–Kier alpha value is -1.91. The number of benzene rings is 1. The van der Waals surface area contributed by atoms with Gasteiger partial charge in [-0.15, -0.1) is 0 Å². The Bertz CT molecular complexity index is 615. The van der Waals surface area contributed by atoms with Crippen molar-refractivity contribution in [2.24, 2.45) is 5.73 Å². The number of nitrogens with zero attached hydrogens (tertiary/aromatic N) is 2. The molecule has 0 aromatic heterocycles. The quantitative estimate of drug-likeness (QED) is 0.829. The largest absolute Gasteiger partial charge is 0.369 e. The molecular formula is C13H17N3O3S. The van der Waals surface area contributed by atoms with Crippen LogP contribution in [-0.2, 0) is 20.6 Å². The van der Waals surface area contributed by atoms with Gasteiger partial charge in [-0.25, -0.2) is 8.42 Å². The van der Waals surface area contributed by atoms with Gasteiger partial charge in [0, 0.05) is 6.04 Å². The molecule has 0 spiro atoms. The third kappa shape index (κ3) is 4.33. The van der Waals surface area contributed by atoms with Crippen LogP contribution < -0.4 is 5.73 Å². The summed E-state index contributed by atoms with van der Waals surface area (Å²) in [5.74, 6) is -0.924. The molecule has 0 heterocycles. The van der Waals surface area contributed by atoms with E-state index in [0.717, 1.165) is 4.31 Å². The molecule has 20 heavy (non-hydrogen) atoms. The van der Waals surface area contributed by atoms with Crippen LogP contribution in [0.25, 0.3) is 0 Å². The molecule has 0 atom stereocenters. The average Bonchev–Trinajstić information content (AvgIpc) is 2.35. The third-order valence-corrected chi connectivity index (χ3v) is 4.64. The maximum atomic E-state index is 12.3. The first-order chi connectivity index (χ1) is 9.26. The summed E-state index contributed by atoms with van der Waals surface area (Å²) in [7, 11) is -3.64. The molecule has 0 aliphatic heterocycles. The Labute approximate surface area is 118 Å². The monoisotopic (exact) mass is 295 g/mol. The molecule has 1 rings (SSSR count). The van der Waals surface area contributed by atoms with Crippen LogP contribution in [0.15, 0.2) is 24.3 Å². The van der Waals surface area contributed by atoms with Crippen LogP contribution in [0.3, 0.4) is 0 Å². The number of hydrogen-bond acceptors (Lipinski definition) is 4. The van der Waals surface area contributed by atoms with Crippen LogP contribution >= 0.6 is 0 Å². The van der Waals surface area contributed by atoms with Crippen molar-refractivity contribution in [3.63, 3.8) is 0 Å². The molecule has 7 heteroatoms. The Morgan fingerprint density at radius 2 is 1.90 bits per heavy atom. The molecule has 0 aliphatic rings. The van der Waals surface area contributed by atoms with Crippen molar-refractivity contribution in [3.05, 3.63) is 35.4 Å². The summed E-state index contributed by atoms with van der Waals surface area (Å²) in [5, 5.41) is 8.69. The first-order valence-electron chi connectivity index (χ1n) is 6.03. The molecule has 0 fully saturated rings. The fraction of sp³-hybridized carbons (Fsp3) is 0.385. The van der Waals surface area contributed by atoms with E-state index in [9.17, 15) is 13.2 Å². The van der Waals surface area contributed by atoms with Crippen LogP contribution in [-0.4, -0.2) is 31.2 Å².